The highest BCUT2D eigenvalue weighted by atomic mass is 16.2. The molecule has 0 bridgehead atoms. The number of aromatic nitrogens is 5. The number of para-hydroxylation sites is 1. The number of rotatable bonds is 7. The summed E-state index contributed by atoms with van der Waals surface area (Å²) in [5.74, 6) is 0.0861. The molecule has 0 aliphatic carbocycles. The lowest BCUT2D eigenvalue weighted by atomic mass is 10.1. The van der Waals surface area contributed by atoms with E-state index in [1.54, 1.807) is 18.2 Å². The standard InChI is InChI=1S/C22H21N7O/c1-2-3-6-11-29-19-8-5-4-7-16(19)13-20(29)22(30)24-18-10-9-15(14-23)12-17(18)21-25-27-28-26-21/h4-5,7-10,12-13H,2-3,6,11H2,1H3,(H,24,30)(H,25,26,27,28). The Labute approximate surface area is 173 Å². The first-order valence-corrected chi connectivity index (χ1v) is 9.89. The van der Waals surface area contributed by atoms with Gasteiger partial charge in [-0.05, 0) is 42.0 Å². The van der Waals surface area contributed by atoms with Crippen LogP contribution < -0.4 is 5.32 Å². The van der Waals surface area contributed by atoms with E-state index in [0.717, 1.165) is 36.7 Å². The molecule has 8 nitrogen and oxygen atoms in total. The molecule has 2 N–H and O–H groups in total. The van der Waals surface area contributed by atoms with E-state index >= 15 is 0 Å². The fraction of sp³-hybridized carbons (Fsp3) is 0.227. The lowest BCUT2D eigenvalue weighted by molar-refractivity contribution is 0.101. The maximum Gasteiger partial charge on any atom is 0.272 e. The first kappa shape index (κ1) is 19.3. The van der Waals surface area contributed by atoms with Crippen molar-refractivity contribution in [3.63, 3.8) is 0 Å². The van der Waals surface area contributed by atoms with Gasteiger partial charge in [0.1, 0.15) is 5.69 Å². The van der Waals surface area contributed by atoms with E-state index in [1.807, 2.05) is 30.3 Å². The lowest BCUT2D eigenvalue weighted by Gasteiger charge is -2.13. The number of nitriles is 1. The molecular weight excluding hydrogens is 378 g/mol. The number of aryl methyl sites for hydroxylation is 1. The molecule has 0 spiro atoms. The van der Waals surface area contributed by atoms with Gasteiger partial charge in [0.05, 0.1) is 17.3 Å². The van der Waals surface area contributed by atoms with Crippen LogP contribution in [0.2, 0.25) is 0 Å². The first-order chi connectivity index (χ1) is 14.7. The Morgan fingerprint density at radius 1 is 1.20 bits per heavy atom. The second-order valence-corrected chi connectivity index (χ2v) is 7.01. The van der Waals surface area contributed by atoms with Crippen LogP contribution in [0.1, 0.15) is 42.2 Å². The number of hydrogen-bond acceptors (Lipinski definition) is 5. The van der Waals surface area contributed by atoms with Crippen molar-refractivity contribution in [3.8, 4) is 17.5 Å². The summed E-state index contributed by atoms with van der Waals surface area (Å²) in [7, 11) is 0. The Morgan fingerprint density at radius 3 is 2.83 bits per heavy atom. The van der Waals surface area contributed by atoms with Crippen LogP contribution in [0.4, 0.5) is 5.69 Å². The molecule has 30 heavy (non-hydrogen) atoms. The zero-order chi connectivity index (χ0) is 20.9. The molecule has 0 radical (unpaired) electrons. The number of benzene rings is 2. The Hall–Kier alpha value is -3.99. The van der Waals surface area contributed by atoms with Crippen molar-refractivity contribution in [2.24, 2.45) is 0 Å². The average molecular weight is 399 g/mol. The molecule has 150 valence electrons. The molecule has 4 rings (SSSR count). The zero-order valence-corrected chi connectivity index (χ0v) is 16.6. The van der Waals surface area contributed by atoms with Crippen LogP contribution in [0, 0.1) is 11.3 Å². The van der Waals surface area contributed by atoms with Gasteiger partial charge in [0.2, 0.25) is 5.82 Å². The molecule has 8 heteroatoms. The fourth-order valence-corrected chi connectivity index (χ4v) is 3.53. The number of fused-ring (bicyclic) bond motifs is 1. The number of aromatic amines is 1. The van der Waals surface area contributed by atoms with Gasteiger partial charge in [0.15, 0.2) is 0 Å². The second kappa shape index (κ2) is 8.57. The summed E-state index contributed by atoms with van der Waals surface area (Å²) in [5, 5.41) is 27.2. The van der Waals surface area contributed by atoms with Gasteiger partial charge in [-0.2, -0.15) is 10.5 Å². The normalized spacial score (nSPS) is 10.8. The molecule has 1 amide bonds. The number of carbonyl (C=O) groups is 1. The predicted octanol–water partition coefficient (Wildman–Crippen LogP) is 4.14. The number of carbonyl (C=O) groups excluding carboxylic acids is 1. The quantitative estimate of drug-likeness (QED) is 0.454. The minimum Gasteiger partial charge on any atom is -0.336 e. The highest BCUT2D eigenvalue weighted by molar-refractivity contribution is 6.08. The molecule has 0 saturated carbocycles. The zero-order valence-electron chi connectivity index (χ0n) is 16.6. The topological polar surface area (TPSA) is 112 Å². The third kappa shape index (κ3) is 3.78. The smallest absolute Gasteiger partial charge is 0.272 e. The number of nitrogens with zero attached hydrogens (tertiary/aromatic N) is 5. The number of hydrogen-bond donors (Lipinski definition) is 2. The number of nitrogens with one attached hydrogen (secondary N) is 2. The summed E-state index contributed by atoms with van der Waals surface area (Å²) >= 11 is 0. The number of unbranched alkanes of at least 4 members (excludes halogenated alkanes) is 2. The SMILES string of the molecule is CCCCCn1c(C(=O)Nc2ccc(C#N)cc2-c2nn[nH]n2)cc2ccccc21. The number of tetrazole rings is 1. The molecular formula is C22H21N7O. The third-order valence-electron chi connectivity index (χ3n) is 5.01. The van der Waals surface area contributed by atoms with Gasteiger partial charge >= 0.3 is 0 Å². The summed E-state index contributed by atoms with van der Waals surface area (Å²) in [6.07, 6.45) is 3.21. The van der Waals surface area contributed by atoms with E-state index in [0.29, 0.717) is 28.3 Å². The molecule has 4 aromatic rings. The maximum absolute atomic E-state index is 13.3. The molecule has 2 aromatic carbocycles. The lowest BCUT2D eigenvalue weighted by Crippen LogP contribution is -2.18. The van der Waals surface area contributed by atoms with Crippen molar-refractivity contribution in [2.75, 3.05) is 5.32 Å². The van der Waals surface area contributed by atoms with E-state index in [-0.39, 0.29) is 5.91 Å². The van der Waals surface area contributed by atoms with Crippen molar-refractivity contribution >= 4 is 22.5 Å². The number of amides is 1. The van der Waals surface area contributed by atoms with Crippen molar-refractivity contribution in [1.29, 1.82) is 5.26 Å². The molecule has 0 saturated heterocycles. The summed E-state index contributed by atoms with van der Waals surface area (Å²) in [6, 6.07) is 17.0. The molecule has 2 heterocycles. The van der Waals surface area contributed by atoms with Crippen molar-refractivity contribution < 1.29 is 4.79 Å². The molecule has 0 aliphatic heterocycles. The van der Waals surface area contributed by atoms with Crippen LogP contribution >= 0.6 is 0 Å². The van der Waals surface area contributed by atoms with Gasteiger partial charge < -0.3 is 9.88 Å². The minimum atomic E-state index is -0.225. The summed E-state index contributed by atoms with van der Waals surface area (Å²) in [4.78, 5) is 13.3. The van der Waals surface area contributed by atoms with Gasteiger partial charge in [0.25, 0.3) is 5.91 Å². The van der Waals surface area contributed by atoms with Crippen LogP contribution in [0.5, 0.6) is 0 Å². The van der Waals surface area contributed by atoms with Crippen LogP contribution in [0.25, 0.3) is 22.3 Å². The Balaban J connectivity index is 1.70. The third-order valence-corrected chi connectivity index (χ3v) is 5.01. The van der Waals surface area contributed by atoms with Gasteiger partial charge in [-0.15, -0.1) is 10.2 Å². The fourth-order valence-electron chi connectivity index (χ4n) is 3.53. The van der Waals surface area contributed by atoms with Crippen molar-refractivity contribution in [1.82, 2.24) is 25.2 Å². The van der Waals surface area contributed by atoms with Gasteiger partial charge in [-0.1, -0.05) is 38.0 Å². The second-order valence-electron chi connectivity index (χ2n) is 7.01. The highest BCUT2D eigenvalue weighted by Gasteiger charge is 2.18. The molecule has 0 aliphatic rings. The number of anilines is 1. The largest absolute Gasteiger partial charge is 0.336 e. The maximum atomic E-state index is 13.3. The van der Waals surface area contributed by atoms with Crippen LogP contribution in [0.3, 0.4) is 0 Å². The molecule has 0 unspecified atom stereocenters. The van der Waals surface area contributed by atoms with E-state index in [1.165, 1.54) is 0 Å². The van der Waals surface area contributed by atoms with E-state index in [4.69, 9.17) is 0 Å². The number of H-pyrrole nitrogens is 1. The Morgan fingerprint density at radius 2 is 2.07 bits per heavy atom. The average Bonchev–Trinajstić information content (AvgIpc) is 3.43. The molecule has 0 fully saturated rings. The van der Waals surface area contributed by atoms with E-state index < -0.39 is 0 Å². The Kier molecular flexibility index (Phi) is 5.52. The van der Waals surface area contributed by atoms with E-state index in [2.05, 4.69) is 43.5 Å². The van der Waals surface area contributed by atoms with Crippen LogP contribution in [-0.4, -0.2) is 31.1 Å². The monoisotopic (exact) mass is 399 g/mol. The Bertz CT molecular complexity index is 1220. The summed E-state index contributed by atoms with van der Waals surface area (Å²) in [5.41, 5.74) is 3.13. The van der Waals surface area contributed by atoms with Gasteiger partial charge in [-0.25, -0.2) is 0 Å². The summed E-state index contributed by atoms with van der Waals surface area (Å²) in [6.45, 7) is 2.93. The van der Waals surface area contributed by atoms with Crippen molar-refractivity contribution in [2.45, 2.75) is 32.7 Å². The minimum absolute atomic E-state index is 0.225. The van der Waals surface area contributed by atoms with Crippen LogP contribution in [-0.2, 0) is 6.54 Å². The van der Waals surface area contributed by atoms with Crippen molar-refractivity contribution in [3.05, 3.63) is 59.8 Å². The van der Waals surface area contributed by atoms with Crippen LogP contribution in [0.15, 0.2) is 48.5 Å². The van der Waals surface area contributed by atoms with E-state index in [9.17, 15) is 10.1 Å². The van der Waals surface area contributed by atoms with Gasteiger partial charge in [0, 0.05) is 23.0 Å². The summed E-state index contributed by atoms with van der Waals surface area (Å²) < 4.78 is 2.07. The highest BCUT2D eigenvalue weighted by Crippen LogP contribution is 2.27. The molecule has 2 aromatic heterocycles. The molecule has 0 atom stereocenters. The van der Waals surface area contributed by atoms with Gasteiger partial charge in [-0.3, -0.25) is 4.79 Å². The first-order valence-electron chi connectivity index (χ1n) is 9.89. The predicted molar refractivity (Wildman–Crippen MR) is 114 cm³/mol.